The van der Waals surface area contributed by atoms with Crippen LogP contribution in [0.5, 0.6) is 0 Å². The number of anilines is 1. The third kappa shape index (κ3) is 3.73. The number of nitrogens with zero attached hydrogens (tertiary/aromatic N) is 6. The van der Waals surface area contributed by atoms with Crippen LogP contribution in [0.25, 0.3) is 17.7 Å². The molecule has 0 bridgehead atoms. The van der Waals surface area contributed by atoms with Crippen LogP contribution in [0.4, 0.5) is 10.4 Å². The quantitative estimate of drug-likeness (QED) is 0.466. The van der Waals surface area contributed by atoms with E-state index >= 15 is 0 Å². The van der Waals surface area contributed by atoms with Crippen LogP contribution in [-0.2, 0) is 6.42 Å². The number of aromatic nitrogens is 6. The van der Waals surface area contributed by atoms with Crippen molar-refractivity contribution < 1.29 is 8.81 Å². The molecular formula is C20H16ClFN8O. The summed E-state index contributed by atoms with van der Waals surface area (Å²) in [5.74, 6) is -0.518. The van der Waals surface area contributed by atoms with Gasteiger partial charge in [-0.15, -0.1) is 5.10 Å². The number of nitrogens with two attached hydrogens (primary N) is 1. The SMILES string of the molecule is N/C(=C\c1cccc(Cl)n1)[C@H]1c2nc[nH]c2CCN1c1nnc(-c2cccc(F)n2)o1. The molecule has 0 aromatic carbocycles. The van der Waals surface area contributed by atoms with Crippen molar-refractivity contribution in [3.63, 3.8) is 0 Å². The van der Waals surface area contributed by atoms with E-state index in [-0.39, 0.29) is 17.6 Å². The van der Waals surface area contributed by atoms with Gasteiger partial charge in [-0.1, -0.05) is 28.8 Å². The second-order valence-corrected chi connectivity index (χ2v) is 7.26. The highest BCUT2D eigenvalue weighted by molar-refractivity contribution is 6.29. The molecule has 4 aromatic heterocycles. The summed E-state index contributed by atoms with van der Waals surface area (Å²) in [6, 6.07) is 9.42. The maximum absolute atomic E-state index is 13.5. The zero-order valence-electron chi connectivity index (χ0n) is 16.0. The number of rotatable bonds is 4. The summed E-state index contributed by atoms with van der Waals surface area (Å²) in [5.41, 5.74) is 9.57. The standard InChI is InChI=1S/C20H16ClFN8O/c21-15-5-1-3-11(26-15)9-12(23)18-17-13(24-10-25-17)7-8-30(18)20-29-28-19(31-20)14-4-2-6-16(22)27-14/h1-6,9-10,18H,7-8,23H2,(H,24,25)/b12-9-/t18-/m0/s1. The van der Waals surface area contributed by atoms with Crippen molar-refractivity contribution in [2.24, 2.45) is 5.73 Å². The molecular weight excluding hydrogens is 423 g/mol. The Morgan fingerprint density at radius 1 is 1.23 bits per heavy atom. The van der Waals surface area contributed by atoms with E-state index < -0.39 is 12.0 Å². The van der Waals surface area contributed by atoms with Crippen molar-refractivity contribution in [2.45, 2.75) is 12.5 Å². The second kappa shape index (κ2) is 7.80. The number of fused-ring (bicyclic) bond motifs is 1. The molecule has 0 unspecified atom stereocenters. The topological polar surface area (TPSA) is 123 Å². The first-order valence-corrected chi connectivity index (χ1v) is 9.81. The zero-order chi connectivity index (χ0) is 21.4. The summed E-state index contributed by atoms with van der Waals surface area (Å²) in [5, 5.41) is 8.54. The molecule has 3 N–H and O–H groups in total. The Morgan fingerprint density at radius 2 is 2.10 bits per heavy atom. The van der Waals surface area contributed by atoms with Gasteiger partial charge in [0, 0.05) is 24.4 Å². The van der Waals surface area contributed by atoms with Crippen LogP contribution < -0.4 is 10.6 Å². The van der Waals surface area contributed by atoms with Crippen molar-refractivity contribution in [3.05, 3.63) is 76.6 Å². The van der Waals surface area contributed by atoms with Gasteiger partial charge in [0.05, 0.1) is 17.7 Å². The van der Waals surface area contributed by atoms with Gasteiger partial charge in [0.1, 0.15) is 16.9 Å². The molecule has 11 heteroatoms. The number of H-pyrrole nitrogens is 1. The molecule has 1 aliphatic heterocycles. The van der Waals surface area contributed by atoms with Crippen LogP contribution in [0.2, 0.25) is 5.15 Å². The maximum atomic E-state index is 13.5. The van der Waals surface area contributed by atoms with Crippen molar-refractivity contribution in [1.29, 1.82) is 0 Å². The van der Waals surface area contributed by atoms with E-state index in [4.69, 9.17) is 21.8 Å². The van der Waals surface area contributed by atoms with Crippen molar-refractivity contribution in [2.75, 3.05) is 11.4 Å². The van der Waals surface area contributed by atoms with Crippen LogP contribution in [0, 0.1) is 5.95 Å². The molecule has 1 aliphatic rings. The van der Waals surface area contributed by atoms with Gasteiger partial charge in [-0.3, -0.25) is 0 Å². The summed E-state index contributed by atoms with van der Waals surface area (Å²) < 4.78 is 19.3. The molecule has 31 heavy (non-hydrogen) atoms. The van der Waals surface area contributed by atoms with Gasteiger partial charge < -0.3 is 20.0 Å². The van der Waals surface area contributed by atoms with Gasteiger partial charge in [-0.05, 0) is 30.3 Å². The molecule has 4 aromatic rings. The van der Waals surface area contributed by atoms with Crippen molar-refractivity contribution in [1.82, 2.24) is 30.1 Å². The number of nitrogens with one attached hydrogen (secondary N) is 1. The van der Waals surface area contributed by atoms with Gasteiger partial charge in [0.25, 0.3) is 5.89 Å². The molecule has 1 atom stereocenters. The maximum Gasteiger partial charge on any atom is 0.319 e. The molecule has 0 aliphatic carbocycles. The molecule has 0 fully saturated rings. The molecule has 5 rings (SSSR count). The van der Waals surface area contributed by atoms with Gasteiger partial charge in [-0.25, -0.2) is 15.0 Å². The summed E-state index contributed by atoms with van der Waals surface area (Å²) in [6.45, 7) is 0.551. The van der Waals surface area contributed by atoms with Crippen LogP contribution in [-0.4, -0.2) is 36.7 Å². The Kier molecular flexibility index (Phi) is 4.83. The van der Waals surface area contributed by atoms with E-state index in [1.165, 1.54) is 12.1 Å². The van der Waals surface area contributed by atoms with E-state index in [0.29, 0.717) is 29.5 Å². The van der Waals surface area contributed by atoms with Crippen molar-refractivity contribution >= 4 is 23.7 Å². The smallest absolute Gasteiger partial charge is 0.319 e. The lowest BCUT2D eigenvalue weighted by atomic mass is 10.00. The summed E-state index contributed by atoms with van der Waals surface area (Å²) in [4.78, 5) is 17.5. The Bertz CT molecular complexity index is 1270. The second-order valence-electron chi connectivity index (χ2n) is 6.88. The van der Waals surface area contributed by atoms with E-state index in [1.807, 2.05) is 4.90 Å². The fourth-order valence-corrected chi connectivity index (χ4v) is 3.71. The third-order valence-electron chi connectivity index (χ3n) is 4.89. The van der Waals surface area contributed by atoms with E-state index in [0.717, 1.165) is 11.4 Å². The first-order chi connectivity index (χ1) is 15.1. The molecule has 156 valence electrons. The minimum absolute atomic E-state index is 0.111. The Hall–Kier alpha value is -3.79. The normalized spacial score (nSPS) is 16.4. The predicted molar refractivity (Wildman–Crippen MR) is 111 cm³/mol. The minimum Gasteiger partial charge on any atom is -0.402 e. The number of imidazole rings is 1. The predicted octanol–water partition coefficient (Wildman–Crippen LogP) is 3.15. The molecule has 0 saturated heterocycles. The zero-order valence-corrected chi connectivity index (χ0v) is 16.8. The van der Waals surface area contributed by atoms with Gasteiger partial charge in [0.2, 0.25) is 5.95 Å². The molecule has 0 amide bonds. The Balaban J connectivity index is 1.53. The molecule has 9 nitrogen and oxygen atoms in total. The summed E-state index contributed by atoms with van der Waals surface area (Å²) in [7, 11) is 0. The van der Waals surface area contributed by atoms with E-state index in [2.05, 4.69) is 30.1 Å². The molecule has 0 radical (unpaired) electrons. The number of pyridine rings is 2. The third-order valence-corrected chi connectivity index (χ3v) is 5.10. The highest BCUT2D eigenvalue weighted by Crippen LogP contribution is 2.36. The Morgan fingerprint density at radius 3 is 2.94 bits per heavy atom. The van der Waals surface area contributed by atoms with Crippen LogP contribution in [0.3, 0.4) is 0 Å². The first kappa shape index (κ1) is 19.2. The van der Waals surface area contributed by atoms with E-state index in [1.54, 1.807) is 36.7 Å². The number of halogens is 2. The molecule has 0 spiro atoms. The van der Waals surface area contributed by atoms with Crippen LogP contribution in [0.15, 0.2) is 52.8 Å². The van der Waals surface area contributed by atoms with Crippen LogP contribution in [0.1, 0.15) is 23.1 Å². The lowest BCUT2D eigenvalue weighted by Gasteiger charge is -2.33. The molecule has 5 heterocycles. The summed E-state index contributed by atoms with van der Waals surface area (Å²) >= 11 is 6.00. The monoisotopic (exact) mass is 438 g/mol. The fourth-order valence-electron chi connectivity index (χ4n) is 3.54. The summed E-state index contributed by atoms with van der Waals surface area (Å²) in [6.07, 6.45) is 4.05. The highest BCUT2D eigenvalue weighted by atomic mass is 35.5. The molecule has 0 saturated carbocycles. The van der Waals surface area contributed by atoms with Crippen molar-refractivity contribution in [3.8, 4) is 11.6 Å². The highest BCUT2D eigenvalue weighted by Gasteiger charge is 2.35. The van der Waals surface area contributed by atoms with Crippen LogP contribution >= 0.6 is 11.6 Å². The lowest BCUT2D eigenvalue weighted by molar-refractivity contribution is 0.502. The minimum atomic E-state index is -0.629. The average Bonchev–Trinajstić information content (AvgIpc) is 3.42. The first-order valence-electron chi connectivity index (χ1n) is 9.43. The van der Waals surface area contributed by atoms with Gasteiger partial charge in [-0.2, -0.15) is 4.39 Å². The fraction of sp³-hybridized carbons (Fsp3) is 0.150. The van der Waals surface area contributed by atoms with E-state index in [9.17, 15) is 4.39 Å². The average molecular weight is 439 g/mol. The lowest BCUT2D eigenvalue weighted by Crippen LogP contribution is -2.38. The van der Waals surface area contributed by atoms with Gasteiger partial charge >= 0.3 is 6.01 Å². The van der Waals surface area contributed by atoms with Gasteiger partial charge in [0.15, 0.2) is 0 Å². The number of hydrogen-bond donors (Lipinski definition) is 2. The number of hydrogen-bond acceptors (Lipinski definition) is 8. The largest absolute Gasteiger partial charge is 0.402 e. The number of aromatic amines is 1. The Labute approximate surface area is 180 Å².